The molecule has 1 fully saturated rings. The molecule has 0 saturated carbocycles. The standard InChI is InChI=1S/C16H21N3O2/c1-18-16(20)14-5-3-4-8-19(14)11-12-6-7-15(21-2)13(9-12)10-17/h6-7,9,14H,3-5,8,11H2,1-2H3,(H,18,20). The van der Waals surface area contributed by atoms with Gasteiger partial charge < -0.3 is 10.1 Å². The number of nitrogens with one attached hydrogen (secondary N) is 1. The van der Waals surface area contributed by atoms with Crippen molar-refractivity contribution in [1.29, 1.82) is 5.26 Å². The first-order valence-electron chi connectivity index (χ1n) is 7.22. The summed E-state index contributed by atoms with van der Waals surface area (Å²) in [6.07, 6.45) is 3.08. The number of carbonyl (C=O) groups is 1. The number of ether oxygens (including phenoxy) is 1. The monoisotopic (exact) mass is 287 g/mol. The summed E-state index contributed by atoms with van der Waals surface area (Å²) >= 11 is 0. The molecule has 1 atom stereocenters. The Morgan fingerprint density at radius 2 is 2.33 bits per heavy atom. The fourth-order valence-electron chi connectivity index (χ4n) is 2.82. The summed E-state index contributed by atoms with van der Waals surface area (Å²) in [6, 6.07) is 7.68. The van der Waals surface area contributed by atoms with Crippen molar-refractivity contribution >= 4 is 5.91 Å². The molecule has 2 rings (SSSR count). The zero-order valence-electron chi connectivity index (χ0n) is 12.6. The first-order valence-corrected chi connectivity index (χ1v) is 7.22. The molecular weight excluding hydrogens is 266 g/mol. The van der Waals surface area contributed by atoms with Crippen molar-refractivity contribution in [3.05, 3.63) is 29.3 Å². The van der Waals surface area contributed by atoms with Gasteiger partial charge in [0.2, 0.25) is 5.91 Å². The summed E-state index contributed by atoms with van der Waals surface area (Å²) in [7, 11) is 3.23. The Balaban J connectivity index is 2.16. The molecule has 1 aliphatic heterocycles. The van der Waals surface area contributed by atoms with Gasteiger partial charge in [0.05, 0.1) is 18.7 Å². The second-order valence-corrected chi connectivity index (χ2v) is 5.24. The highest BCUT2D eigenvalue weighted by Gasteiger charge is 2.27. The van der Waals surface area contributed by atoms with E-state index in [4.69, 9.17) is 10.00 Å². The van der Waals surface area contributed by atoms with Crippen LogP contribution in [0.1, 0.15) is 30.4 Å². The molecule has 5 heteroatoms. The lowest BCUT2D eigenvalue weighted by molar-refractivity contribution is -0.127. The highest BCUT2D eigenvalue weighted by Crippen LogP contribution is 2.23. The van der Waals surface area contributed by atoms with Crippen LogP contribution < -0.4 is 10.1 Å². The van der Waals surface area contributed by atoms with Crippen molar-refractivity contribution < 1.29 is 9.53 Å². The normalized spacial score (nSPS) is 18.8. The predicted molar refractivity (Wildman–Crippen MR) is 79.8 cm³/mol. The summed E-state index contributed by atoms with van der Waals surface area (Å²) in [4.78, 5) is 14.2. The van der Waals surface area contributed by atoms with Crippen LogP contribution in [0.25, 0.3) is 0 Å². The van der Waals surface area contributed by atoms with E-state index < -0.39 is 0 Å². The molecule has 0 spiro atoms. The van der Waals surface area contributed by atoms with E-state index in [0.29, 0.717) is 17.9 Å². The average molecular weight is 287 g/mol. The molecule has 1 aliphatic rings. The van der Waals surface area contributed by atoms with Crippen molar-refractivity contribution in [2.24, 2.45) is 0 Å². The number of carbonyl (C=O) groups excluding carboxylic acids is 1. The Labute approximate surface area is 125 Å². The molecule has 112 valence electrons. The van der Waals surface area contributed by atoms with Gasteiger partial charge >= 0.3 is 0 Å². The van der Waals surface area contributed by atoms with E-state index in [2.05, 4.69) is 16.3 Å². The van der Waals surface area contributed by atoms with Crippen LogP contribution in [-0.2, 0) is 11.3 Å². The summed E-state index contributed by atoms with van der Waals surface area (Å²) in [5, 5.41) is 11.9. The van der Waals surface area contributed by atoms with Crippen molar-refractivity contribution in [2.45, 2.75) is 31.8 Å². The van der Waals surface area contributed by atoms with Gasteiger partial charge in [0.15, 0.2) is 0 Å². The summed E-state index contributed by atoms with van der Waals surface area (Å²) in [5.74, 6) is 0.659. The summed E-state index contributed by atoms with van der Waals surface area (Å²) in [6.45, 7) is 1.59. The molecule has 1 aromatic carbocycles. The number of nitrogens with zero attached hydrogens (tertiary/aromatic N) is 2. The number of amides is 1. The third-order valence-electron chi connectivity index (χ3n) is 3.93. The van der Waals surface area contributed by atoms with Crippen LogP contribution in [0.15, 0.2) is 18.2 Å². The minimum absolute atomic E-state index is 0.0728. The zero-order valence-corrected chi connectivity index (χ0v) is 12.6. The molecule has 21 heavy (non-hydrogen) atoms. The molecule has 0 aliphatic carbocycles. The van der Waals surface area contributed by atoms with Gasteiger partial charge in [0, 0.05) is 13.6 Å². The topological polar surface area (TPSA) is 65.4 Å². The number of benzene rings is 1. The Kier molecular flexibility index (Phi) is 5.18. The molecule has 1 aromatic rings. The minimum Gasteiger partial charge on any atom is -0.495 e. The lowest BCUT2D eigenvalue weighted by Gasteiger charge is -2.34. The SMILES string of the molecule is CNC(=O)C1CCCCN1Cc1ccc(OC)c(C#N)c1. The quantitative estimate of drug-likeness (QED) is 0.915. The van der Waals surface area contributed by atoms with Gasteiger partial charge in [-0.05, 0) is 37.1 Å². The van der Waals surface area contributed by atoms with Crippen LogP contribution in [0.4, 0.5) is 0 Å². The van der Waals surface area contributed by atoms with E-state index in [1.165, 1.54) is 0 Å². The first kappa shape index (κ1) is 15.3. The highest BCUT2D eigenvalue weighted by atomic mass is 16.5. The number of likely N-dealkylation sites (N-methyl/N-ethyl adjacent to an activating group) is 1. The van der Waals surface area contributed by atoms with Crippen molar-refractivity contribution in [2.75, 3.05) is 20.7 Å². The van der Waals surface area contributed by atoms with Crippen molar-refractivity contribution in [1.82, 2.24) is 10.2 Å². The number of likely N-dealkylation sites (tertiary alicyclic amines) is 1. The van der Waals surface area contributed by atoms with Gasteiger partial charge in [-0.15, -0.1) is 0 Å². The minimum atomic E-state index is -0.0728. The number of hydrogen-bond donors (Lipinski definition) is 1. The molecule has 1 heterocycles. The third-order valence-corrected chi connectivity index (χ3v) is 3.93. The van der Waals surface area contributed by atoms with E-state index in [1.807, 2.05) is 18.2 Å². The van der Waals surface area contributed by atoms with Gasteiger partial charge in [0.1, 0.15) is 11.8 Å². The number of nitriles is 1. The molecular formula is C16H21N3O2. The van der Waals surface area contributed by atoms with E-state index in [9.17, 15) is 4.79 Å². The maximum absolute atomic E-state index is 12.0. The lowest BCUT2D eigenvalue weighted by Crippen LogP contribution is -2.48. The van der Waals surface area contributed by atoms with E-state index in [1.54, 1.807) is 14.2 Å². The number of rotatable bonds is 4. The van der Waals surface area contributed by atoms with E-state index in [0.717, 1.165) is 31.4 Å². The second kappa shape index (κ2) is 7.09. The predicted octanol–water partition coefficient (Wildman–Crippen LogP) is 1.67. The van der Waals surface area contributed by atoms with Crippen molar-refractivity contribution in [3.63, 3.8) is 0 Å². The van der Waals surface area contributed by atoms with Crippen molar-refractivity contribution in [3.8, 4) is 11.8 Å². The maximum atomic E-state index is 12.0. The van der Waals surface area contributed by atoms with Crippen LogP contribution in [0.5, 0.6) is 5.75 Å². The lowest BCUT2D eigenvalue weighted by atomic mass is 10.00. The third kappa shape index (κ3) is 3.53. The molecule has 0 radical (unpaired) electrons. The fraction of sp³-hybridized carbons (Fsp3) is 0.500. The van der Waals surface area contributed by atoms with Crippen LogP contribution in [0.3, 0.4) is 0 Å². The number of hydrogen-bond acceptors (Lipinski definition) is 4. The molecule has 1 amide bonds. The van der Waals surface area contributed by atoms with Gasteiger partial charge in [-0.2, -0.15) is 5.26 Å². The average Bonchev–Trinajstić information content (AvgIpc) is 2.54. The number of piperidine rings is 1. The van der Waals surface area contributed by atoms with Gasteiger partial charge in [0.25, 0.3) is 0 Å². The van der Waals surface area contributed by atoms with Gasteiger partial charge in [-0.1, -0.05) is 12.5 Å². The first-order chi connectivity index (χ1) is 10.2. The zero-order chi connectivity index (χ0) is 15.2. The largest absolute Gasteiger partial charge is 0.495 e. The Morgan fingerprint density at radius 3 is 3.00 bits per heavy atom. The Bertz CT molecular complexity index is 551. The summed E-state index contributed by atoms with van der Waals surface area (Å²) < 4.78 is 5.16. The Hall–Kier alpha value is -2.06. The maximum Gasteiger partial charge on any atom is 0.237 e. The van der Waals surface area contributed by atoms with Gasteiger partial charge in [-0.3, -0.25) is 9.69 Å². The fourth-order valence-corrected chi connectivity index (χ4v) is 2.82. The van der Waals surface area contributed by atoms with E-state index >= 15 is 0 Å². The van der Waals surface area contributed by atoms with Crippen LogP contribution in [0.2, 0.25) is 0 Å². The molecule has 1 N–H and O–H groups in total. The summed E-state index contributed by atoms with van der Waals surface area (Å²) in [5.41, 5.74) is 1.56. The van der Waals surface area contributed by atoms with Crippen LogP contribution in [0, 0.1) is 11.3 Å². The van der Waals surface area contributed by atoms with Crippen LogP contribution in [-0.4, -0.2) is 37.6 Å². The molecule has 0 bridgehead atoms. The van der Waals surface area contributed by atoms with E-state index in [-0.39, 0.29) is 11.9 Å². The number of methoxy groups -OCH3 is 1. The Morgan fingerprint density at radius 1 is 1.52 bits per heavy atom. The van der Waals surface area contributed by atoms with Gasteiger partial charge in [-0.25, -0.2) is 0 Å². The smallest absolute Gasteiger partial charge is 0.237 e. The molecule has 1 unspecified atom stereocenters. The molecule has 5 nitrogen and oxygen atoms in total. The highest BCUT2D eigenvalue weighted by molar-refractivity contribution is 5.81. The molecule has 1 saturated heterocycles. The van der Waals surface area contributed by atoms with Crippen LogP contribution >= 0.6 is 0 Å². The second-order valence-electron chi connectivity index (χ2n) is 5.24. The molecule has 0 aromatic heterocycles.